The van der Waals surface area contributed by atoms with E-state index in [4.69, 9.17) is 45.3 Å². The van der Waals surface area contributed by atoms with Crippen molar-refractivity contribution in [3.63, 3.8) is 0 Å². The summed E-state index contributed by atoms with van der Waals surface area (Å²) in [7, 11) is -23.3. The molecule has 2 aliphatic heterocycles. The predicted octanol–water partition coefficient (Wildman–Crippen LogP) is 4.20. The van der Waals surface area contributed by atoms with Crippen LogP contribution in [0.25, 0.3) is 0 Å². The molecule has 2 heterocycles. The Balaban J connectivity index is 2.09. The summed E-state index contributed by atoms with van der Waals surface area (Å²) in [6, 6.07) is 0. The lowest BCUT2D eigenvalue weighted by molar-refractivity contribution is 0.169. The molecular formula is C15H45O11Si10. The lowest BCUT2D eigenvalue weighted by Gasteiger charge is -2.48. The first-order chi connectivity index (χ1) is 15.8. The molecule has 3 radical (unpaired) electrons. The van der Waals surface area contributed by atoms with Crippen LogP contribution in [0.1, 0.15) is 0 Å². The molecule has 211 valence electrons. The Bertz CT molecular complexity index is 761. The molecule has 0 aliphatic carbocycles. The molecule has 1 unspecified atom stereocenters. The van der Waals surface area contributed by atoms with Crippen LogP contribution < -0.4 is 0 Å². The van der Waals surface area contributed by atoms with Gasteiger partial charge in [0.25, 0.3) is 0 Å². The third kappa shape index (κ3) is 11.3. The Morgan fingerprint density at radius 2 is 0.944 bits per heavy atom. The highest BCUT2D eigenvalue weighted by molar-refractivity contribution is 6.94. The molecule has 0 aromatic rings. The SMILES string of the molecule is C[Si]1O[Si](C)(C)O[Si](C)(C)O[Si](C)(O[Si]O[Si](C)(C)O[Si]2(C)O[Si](C)(C)O[Si](C)(C)O[Si](C)(C)O2)O1. The molecule has 1 atom stereocenters. The Kier molecular flexibility index (Phi) is 10.5. The topological polar surface area (TPSA) is 102 Å². The van der Waals surface area contributed by atoms with E-state index < -0.39 is 78.3 Å². The van der Waals surface area contributed by atoms with Gasteiger partial charge in [0.15, 0.2) is 0 Å². The molecule has 2 aliphatic rings. The van der Waals surface area contributed by atoms with Gasteiger partial charge in [-0.1, -0.05) is 0 Å². The first-order valence-corrected chi connectivity index (χ1v) is 36.0. The molecule has 0 amide bonds. The van der Waals surface area contributed by atoms with Gasteiger partial charge in [-0.15, -0.1) is 0 Å². The van der Waals surface area contributed by atoms with E-state index in [0.29, 0.717) is 0 Å². The minimum absolute atomic E-state index is 0.336. The zero-order chi connectivity index (χ0) is 28.1. The Morgan fingerprint density at radius 3 is 1.42 bits per heavy atom. The molecule has 0 saturated carbocycles. The largest absolute Gasteiger partial charge is 0.470 e. The first kappa shape index (κ1) is 33.9. The van der Waals surface area contributed by atoms with Crippen LogP contribution in [0, 0.1) is 0 Å². The van der Waals surface area contributed by atoms with E-state index in [1.54, 1.807) is 0 Å². The van der Waals surface area contributed by atoms with Gasteiger partial charge < -0.3 is 45.3 Å². The Morgan fingerprint density at radius 1 is 0.556 bits per heavy atom. The fourth-order valence-electron chi connectivity index (χ4n) is 4.64. The van der Waals surface area contributed by atoms with Crippen molar-refractivity contribution in [2.45, 2.75) is 98.2 Å². The molecule has 2 fully saturated rings. The molecule has 0 aromatic heterocycles. The lowest BCUT2D eigenvalue weighted by Crippen LogP contribution is -2.68. The van der Waals surface area contributed by atoms with Crippen LogP contribution in [-0.4, -0.2) is 88.3 Å². The monoisotopic (exact) mass is 681 g/mol. The summed E-state index contributed by atoms with van der Waals surface area (Å²) < 4.78 is 69.9. The van der Waals surface area contributed by atoms with Crippen LogP contribution in [0.3, 0.4) is 0 Å². The number of hydrogen-bond donors (Lipinski definition) is 0. The summed E-state index contributed by atoms with van der Waals surface area (Å²) in [5, 5.41) is 0. The van der Waals surface area contributed by atoms with Gasteiger partial charge in [0.1, 0.15) is 0 Å². The minimum Gasteiger partial charge on any atom is -0.416 e. The summed E-state index contributed by atoms with van der Waals surface area (Å²) in [5.41, 5.74) is 0. The van der Waals surface area contributed by atoms with Gasteiger partial charge in [-0.25, -0.2) is 0 Å². The van der Waals surface area contributed by atoms with Crippen molar-refractivity contribution in [3.8, 4) is 0 Å². The highest BCUT2D eigenvalue weighted by atomic mass is 28.6. The fraction of sp³-hybridized carbons (Fsp3) is 1.00. The van der Waals surface area contributed by atoms with E-state index in [1.807, 2.05) is 98.2 Å². The van der Waals surface area contributed by atoms with E-state index in [2.05, 4.69) is 0 Å². The molecule has 2 saturated heterocycles. The summed E-state index contributed by atoms with van der Waals surface area (Å²) >= 11 is 0. The summed E-state index contributed by atoms with van der Waals surface area (Å²) in [5.74, 6) is 0. The molecule has 36 heavy (non-hydrogen) atoms. The molecule has 0 N–H and O–H groups in total. The maximum Gasteiger partial charge on any atom is 0.470 e. The molecule has 0 aromatic carbocycles. The highest BCUT2D eigenvalue weighted by Crippen LogP contribution is 2.33. The number of rotatable bonds is 6. The van der Waals surface area contributed by atoms with Gasteiger partial charge in [-0.05, 0) is 85.1 Å². The van der Waals surface area contributed by atoms with Gasteiger partial charge in [-0.2, -0.15) is 0 Å². The first-order valence-electron chi connectivity index (χ1n) is 12.0. The van der Waals surface area contributed by atoms with Crippen LogP contribution in [0.5, 0.6) is 0 Å². The lowest BCUT2D eigenvalue weighted by atomic mass is 11.9. The van der Waals surface area contributed by atoms with Crippen molar-refractivity contribution in [2.24, 2.45) is 0 Å². The summed E-state index contributed by atoms with van der Waals surface area (Å²) in [6.45, 7) is 29.7. The van der Waals surface area contributed by atoms with E-state index in [9.17, 15) is 0 Å². The maximum absolute atomic E-state index is 6.57. The average Bonchev–Trinajstić information content (AvgIpc) is 2.43. The minimum atomic E-state index is -3.15. The molecule has 11 nitrogen and oxygen atoms in total. The van der Waals surface area contributed by atoms with Crippen molar-refractivity contribution in [1.29, 1.82) is 0 Å². The quantitative estimate of drug-likeness (QED) is 0.377. The zero-order valence-electron chi connectivity index (χ0n) is 24.5. The van der Waals surface area contributed by atoms with Gasteiger partial charge in [-0.3, -0.25) is 0 Å². The van der Waals surface area contributed by atoms with Gasteiger partial charge >= 0.3 is 88.3 Å². The Labute approximate surface area is 230 Å². The van der Waals surface area contributed by atoms with Crippen LogP contribution in [0.2, 0.25) is 98.2 Å². The fourth-order valence-corrected chi connectivity index (χ4v) is 47.0. The maximum atomic E-state index is 6.57. The molecule has 0 bridgehead atoms. The molecule has 2 rings (SSSR count). The number of hydrogen-bond acceptors (Lipinski definition) is 11. The van der Waals surface area contributed by atoms with Crippen LogP contribution in [-0.2, 0) is 45.3 Å². The van der Waals surface area contributed by atoms with E-state index in [0.717, 1.165) is 0 Å². The second-order valence-electron chi connectivity index (χ2n) is 11.8. The van der Waals surface area contributed by atoms with E-state index in [-0.39, 0.29) is 10.0 Å². The molecule has 21 heteroatoms. The standard InChI is InChI=1S/C15H45O11Si10/c1-28-18-30(4,5)20-32(8,9)24-35(14,19-28)17-27-16-29(2,3)23-36(15)25-33(10,11)21-31(6,7)22-34(12,13)26-36/h1-15H3. The van der Waals surface area contributed by atoms with Gasteiger partial charge in [0, 0.05) is 13.1 Å². The van der Waals surface area contributed by atoms with Crippen molar-refractivity contribution < 1.29 is 45.3 Å². The summed E-state index contributed by atoms with van der Waals surface area (Å²) in [4.78, 5) is 0. The van der Waals surface area contributed by atoms with Crippen LogP contribution in [0.15, 0.2) is 0 Å². The second kappa shape index (κ2) is 11.2. The van der Waals surface area contributed by atoms with Gasteiger partial charge in [0.05, 0.1) is 0 Å². The van der Waals surface area contributed by atoms with Crippen molar-refractivity contribution in [2.75, 3.05) is 0 Å². The summed E-state index contributed by atoms with van der Waals surface area (Å²) in [6.07, 6.45) is 0. The van der Waals surface area contributed by atoms with Crippen LogP contribution in [0.4, 0.5) is 0 Å². The highest BCUT2D eigenvalue weighted by Gasteiger charge is 2.56. The zero-order valence-corrected chi connectivity index (χ0v) is 34.5. The second-order valence-corrected chi connectivity index (χ2v) is 42.2. The van der Waals surface area contributed by atoms with Crippen LogP contribution >= 0.6 is 0 Å². The smallest absolute Gasteiger partial charge is 0.416 e. The van der Waals surface area contributed by atoms with Gasteiger partial charge in [0.2, 0.25) is 0 Å². The van der Waals surface area contributed by atoms with Crippen molar-refractivity contribution in [1.82, 2.24) is 0 Å². The Hall–Kier alpha value is 1.73. The normalized spacial score (nSPS) is 32.1. The van der Waals surface area contributed by atoms with E-state index in [1.165, 1.54) is 0 Å². The third-order valence-electron chi connectivity index (χ3n) is 4.43. The molecule has 0 spiro atoms. The van der Waals surface area contributed by atoms with E-state index >= 15 is 0 Å². The molecular weight excluding hydrogens is 637 g/mol. The van der Waals surface area contributed by atoms with Crippen molar-refractivity contribution >= 4 is 88.3 Å². The predicted molar refractivity (Wildman–Crippen MR) is 157 cm³/mol. The third-order valence-corrected chi connectivity index (χ3v) is 39.9. The average molecular weight is 682 g/mol. The van der Waals surface area contributed by atoms with Crippen molar-refractivity contribution in [3.05, 3.63) is 0 Å².